The standard InChI is InChI=1S/C38H74O13/c1-4-7-9-10-11-12-13-15-37(39)50-34-32-48-30-28-46-26-24-44-22-20-42-18-16-41-17-19-43-21-23-45-25-27-47-29-31-49-33-35-51-38(40)36(6-3)14-8-5-2/h36H,4-35H2,1-3H3. The van der Waals surface area contributed by atoms with Crippen LogP contribution in [-0.2, 0) is 61.7 Å². The average Bonchev–Trinajstić information content (AvgIpc) is 3.13. The molecule has 0 aromatic heterocycles. The van der Waals surface area contributed by atoms with Crippen molar-refractivity contribution in [1.29, 1.82) is 0 Å². The minimum absolute atomic E-state index is 0.00590. The van der Waals surface area contributed by atoms with Crippen molar-refractivity contribution in [3.63, 3.8) is 0 Å². The quantitative estimate of drug-likeness (QED) is 0.0570. The molecular formula is C38H74O13. The van der Waals surface area contributed by atoms with Crippen molar-refractivity contribution >= 4 is 11.9 Å². The maximum Gasteiger partial charge on any atom is 0.308 e. The van der Waals surface area contributed by atoms with Crippen molar-refractivity contribution in [2.24, 2.45) is 5.92 Å². The van der Waals surface area contributed by atoms with E-state index < -0.39 is 0 Å². The lowest BCUT2D eigenvalue weighted by molar-refractivity contribution is -0.150. The molecule has 0 saturated carbocycles. The van der Waals surface area contributed by atoms with Crippen molar-refractivity contribution < 1.29 is 61.7 Å². The van der Waals surface area contributed by atoms with Crippen LogP contribution in [0.2, 0.25) is 0 Å². The molecule has 0 aromatic rings. The Morgan fingerprint density at radius 2 is 0.686 bits per heavy atom. The molecule has 0 fully saturated rings. The summed E-state index contributed by atoms with van der Waals surface area (Å²) in [6.07, 6.45) is 12.6. The van der Waals surface area contributed by atoms with Crippen molar-refractivity contribution in [3.05, 3.63) is 0 Å². The van der Waals surface area contributed by atoms with E-state index in [0.717, 1.165) is 38.5 Å². The molecule has 0 saturated heterocycles. The smallest absolute Gasteiger partial charge is 0.308 e. The normalized spacial score (nSPS) is 12.0. The maximum atomic E-state index is 12.0. The first-order chi connectivity index (χ1) is 25.2. The number of esters is 2. The van der Waals surface area contributed by atoms with E-state index >= 15 is 0 Å². The molecule has 0 spiro atoms. The van der Waals surface area contributed by atoms with Crippen LogP contribution in [0.5, 0.6) is 0 Å². The number of carbonyl (C=O) groups excluding carboxylic acids is 2. The Morgan fingerprint density at radius 1 is 0.373 bits per heavy atom. The molecule has 0 aliphatic carbocycles. The molecule has 0 N–H and O–H groups in total. The van der Waals surface area contributed by atoms with Gasteiger partial charge >= 0.3 is 11.9 Å². The van der Waals surface area contributed by atoms with Gasteiger partial charge in [-0.1, -0.05) is 72.1 Å². The van der Waals surface area contributed by atoms with E-state index in [4.69, 9.17) is 52.1 Å². The molecule has 1 unspecified atom stereocenters. The fourth-order valence-corrected chi connectivity index (χ4v) is 4.63. The molecule has 0 rings (SSSR count). The van der Waals surface area contributed by atoms with Gasteiger partial charge in [-0.05, 0) is 19.3 Å². The van der Waals surface area contributed by atoms with Crippen molar-refractivity contribution in [2.75, 3.05) is 132 Å². The molecule has 0 aromatic carbocycles. The molecule has 304 valence electrons. The molecule has 0 heterocycles. The first-order valence-electron chi connectivity index (χ1n) is 19.7. The number of hydrogen-bond acceptors (Lipinski definition) is 13. The van der Waals surface area contributed by atoms with Crippen LogP contribution in [0.4, 0.5) is 0 Å². The zero-order valence-corrected chi connectivity index (χ0v) is 32.5. The third kappa shape index (κ3) is 39.6. The van der Waals surface area contributed by atoms with Crippen LogP contribution in [0.1, 0.15) is 97.8 Å². The monoisotopic (exact) mass is 739 g/mol. The number of unbranched alkanes of at least 4 members (excludes halogenated alkanes) is 7. The lowest BCUT2D eigenvalue weighted by Gasteiger charge is -2.13. The fourth-order valence-electron chi connectivity index (χ4n) is 4.63. The molecule has 13 nitrogen and oxygen atoms in total. The molecule has 13 heteroatoms. The molecule has 0 aliphatic heterocycles. The van der Waals surface area contributed by atoms with E-state index in [1.165, 1.54) is 32.1 Å². The second-order valence-electron chi connectivity index (χ2n) is 12.0. The highest BCUT2D eigenvalue weighted by Gasteiger charge is 2.17. The van der Waals surface area contributed by atoms with Crippen LogP contribution in [0.15, 0.2) is 0 Å². The largest absolute Gasteiger partial charge is 0.463 e. The highest BCUT2D eigenvalue weighted by atomic mass is 16.6. The van der Waals surface area contributed by atoms with Gasteiger partial charge in [0, 0.05) is 6.42 Å². The second-order valence-corrected chi connectivity index (χ2v) is 12.0. The molecule has 1 atom stereocenters. The molecule has 0 radical (unpaired) electrons. The number of hydrogen-bond donors (Lipinski definition) is 0. The summed E-state index contributed by atoms with van der Waals surface area (Å²) in [4.78, 5) is 23.7. The molecule has 0 bridgehead atoms. The van der Waals surface area contributed by atoms with Gasteiger partial charge in [-0.25, -0.2) is 0 Å². The molecular weight excluding hydrogens is 664 g/mol. The Balaban J connectivity index is 3.18. The minimum atomic E-state index is -0.143. The Kier molecular flexibility index (Phi) is 41.8. The first kappa shape index (κ1) is 49.6. The van der Waals surface area contributed by atoms with Crippen molar-refractivity contribution in [3.8, 4) is 0 Å². The predicted octanol–water partition coefficient (Wildman–Crippen LogP) is 5.58. The van der Waals surface area contributed by atoms with E-state index in [9.17, 15) is 9.59 Å². The lowest BCUT2D eigenvalue weighted by Crippen LogP contribution is -2.20. The summed E-state index contributed by atoms with van der Waals surface area (Å²) in [6, 6.07) is 0. The minimum Gasteiger partial charge on any atom is -0.463 e. The molecule has 0 amide bonds. The van der Waals surface area contributed by atoms with Crippen LogP contribution in [0.3, 0.4) is 0 Å². The number of rotatable bonds is 43. The van der Waals surface area contributed by atoms with Crippen LogP contribution in [0.25, 0.3) is 0 Å². The highest BCUT2D eigenvalue weighted by molar-refractivity contribution is 5.72. The summed E-state index contributed by atoms with van der Waals surface area (Å²) < 4.78 is 59.7. The Labute approximate surface area is 309 Å². The van der Waals surface area contributed by atoms with Gasteiger partial charge < -0.3 is 52.1 Å². The number of ether oxygens (including phenoxy) is 11. The van der Waals surface area contributed by atoms with Crippen LogP contribution in [-0.4, -0.2) is 144 Å². The van der Waals surface area contributed by atoms with E-state index in [1.54, 1.807) is 0 Å². The van der Waals surface area contributed by atoms with Gasteiger partial charge in [-0.15, -0.1) is 0 Å². The third-order valence-electron chi connectivity index (χ3n) is 7.66. The summed E-state index contributed by atoms with van der Waals surface area (Å²) in [5.74, 6) is -0.271. The fraction of sp³-hybridized carbons (Fsp3) is 0.947. The van der Waals surface area contributed by atoms with Crippen LogP contribution in [0, 0.1) is 5.92 Å². The van der Waals surface area contributed by atoms with E-state index in [0.29, 0.717) is 125 Å². The van der Waals surface area contributed by atoms with Gasteiger partial charge in [0.2, 0.25) is 0 Å². The first-order valence-corrected chi connectivity index (χ1v) is 19.7. The Hall–Kier alpha value is -1.42. The Morgan fingerprint density at radius 3 is 1.04 bits per heavy atom. The van der Waals surface area contributed by atoms with Crippen LogP contribution < -0.4 is 0 Å². The van der Waals surface area contributed by atoms with E-state index in [-0.39, 0.29) is 31.1 Å². The van der Waals surface area contributed by atoms with Crippen molar-refractivity contribution in [1.82, 2.24) is 0 Å². The zero-order valence-electron chi connectivity index (χ0n) is 32.5. The zero-order chi connectivity index (χ0) is 37.1. The van der Waals surface area contributed by atoms with E-state index in [2.05, 4.69) is 13.8 Å². The summed E-state index contributed by atoms with van der Waals surface area (Å²) in [5, 5.41) is 0. The van der Waals surface area contributed by atoms with Gasteiger partial charge in [-0.2, -0.15) is 0 Å². The van der Waals surface area contributed by atoms with Gasteiger partial charge in [0.05, 0.1) is 125 Å². The maximum absolute atomic E-state index is 12.0. The second kappa shape index (κ2) is 43.0. The SMILES string of the molecule is CCCCCCCCCC(=O)OCCOCCOCCOCCOCCOCCOCCOCCOCCOCCOC(=O)C(CC)CCCC. The summed E-state index contributed by atoms with van der Waals surface area (Å²) in [7, 11) is 0. The molecule has 0 aliphatic rings. The average molecular weight is 739 g/mol. The highest BCUT2D eigenvalue weighted by Crippen LogP contribution is 2.14. The van der Waals surface area contributed by atoms with Crippen molar-refractivity contribution in [2.45, 2.75) is 97.8 Å². The van der Waals surface area contributed by atoms with E-state index in [1.807, 2.05) is 6.92 Å². The van der Waals surface area contributed by atoms with Gasteiger partial charge in [0.1, 0.15) is 13.2 Å². The third-order valence-corrected chi connectivity index (χ3v) is 7.66. The summed E-state index contributed by atoms with van der Waals surface area (Å²) in [6.45, 7) is 15.3. The Bertz CT molecular complexity index is 713. The predicted molar refractivity (Wildman–Crippen MR) is 195 cm³/mol. The molecule has 51 heavy (non-hydrogen) atoms. The summed E-state index contributed by atoms with van der Waals surface area (Å²) >= 11 is 0. The topological polar surface area (TPSA) is 136 Å². The number of carbonyl (C=O) groups is 2. The van der Waals surface area contributed by atoms with Crippen LogP contribution >= 0.6 is 0 Å². The van der Waals surface area contributed by atoms with Gasteiger partial charge in [0.15, 0.2) is 0 Å². The lowest BCUT2D eigenvalue weighted by atomic mass is 10.00. The summed E-state index contributed by atoms with van der Waals surface area (Å²) in [5.41, 5.74) is 0. The van der Waals surface area contributed by atoms with Gasteiger partial charge in [-0.3, -0.25) is 9.59 Å². The van der Waals surface area contributed by atoms with Gasteiger partial charge in [0.25, 0.3) is 0 Å².